The van der Waals surface area contributed by atoms with Crippen LogP contribution in [0.1, 0.15) is 109 Å². The fourth-order valence-corrected chi connectivity index (χ4v) is 10.8. The molecule has 2 aliphatic heterocycles. The molecule has 6 N–H and O–H groups in total. The number of urea groups is 1. The molecule has 6 rings (SSSR count). The summed E-state index contributed by atoms with van der Waals surface area (Å²) in [4.78, 5) is 61.3. The first-order valence-electron chi connectivity index (χ1n) is 25.3. The summed E-state index contributed by atoms with van der Waals surface area (Å²) < 4.78 is 36.5. The Morgan fingerprint density at radius 3 is 1.96 bits per heavy atom. The van der Waals surface area contributed by atoms with Crippen LogP contribution < -0.4 is 20.9 Å². The van der Waals surface area contributed by atoms with Crippen molar-refractivity contribution in [3.8, 4) is 0 Å². The van der Waals surface area contributed by atoms with E-state index in [1.165, 1.54) is 27.3 Å². The molecule has 2 atom stereocenters. The quantitative estimate of drug-likeness (QED) is 0.0142. The minimum absolute atomic E-state index is 0.0386. The van der Waals surface area contributed by atoms with Gasteiger partial charge in [0.2, 0.25) is 11.6 Å². The Kier molecular flexibility index (Phi) is 19.1. The van der Waals surface area contributed by atoms with E-state index in [1.807, 2.05) is 42.5 Å². The van der Waals surface area contributed by atoms with E-state index in [4.69, 9.17) is 5.11 Å². The summed E-state index contributed by atoms with van der Waals surface area (Å²) in [5, 5.41) is 39.6. The predicted octanol–water partition coefficient (Wildman–Crippen LogP) is 8.96. The molecule has 74 heavy (non-hydrogen) atoms. The summed E-state index contributed by atoms with van der Waals surface area (Å²) in [6, 6.07) is 21.5. The number of benzene rings is 4. The number of hydrogen-bond donors (Lipinski definition) is 6. The molecule has 2 heterocycles. The zero-order valence-corrected chi connectivity index (χ0v) is 43.5. The Bertz CT molecular complexity index is 3010. The van der Waals surface area contributed by atoms with Crippen molar-refractivity contribution in [2.24, 2.45) is 0 Å². The second kappa shape index (κ2) is 25.2. The van der Waals surface area contributed by atoms with E-state index in [2.05, 4.69) is 126 Å². The maximum atomic E-state index is 12.8. The summed E-state index contributed by atoms with van der Waals surface area (Å²) >= 11 is 0. The molecule has 0 radical (unpaired) electrons. The maximum absolute atomic E-state index is 12.8. The lowest BCUT2D eigenvalue weighted by molar-refractivity contribution is -0.438. The lowest BCUT2D eigenvalue weighted by Crippen LogP contribution is -2.51. The molecule has 0 saturated heterocycles. The number of anilines is 1. The Morgan fingerprint density at radius 1 is 0.676 bits per heavy atom. The van der Waals surface area contributed by atoms with E-state index >= 15 is 0 Å². The average molecular weight is 1030 g/mol. The van der Waals surface area contributed by atoms with Gasteiger partial charge in [0, 0.05) is 72.6 Å². The van der Waals surface area contributed by atoms with Gasteiger partial charge >= 0.3 is 23.9 Å². The van der Waals surface area contributed by atoms with E-state index in [-0.39, 0.29) is 41.8 Å². The van der Waals surface area contributed by atoms with Crippen molar-refractivity contribution in [3.05, 3.63) is 132 Å². The third kappa shape index (κ3) is 14.3. The summed E-state index contributed by atoms with van der Waals surface area (Å²) in [5.74, 6) is -4.47. The number of unbranched alkanes of at least 4 members (excludes halogenated alkanes) is 4. The number of amides is 3. The van der Waals surface area contributed by atoms with Gasteiger partial charge < -0.3 is 40.7 Å². The SMILES string of the molecule is CC1(C)C(/C=C/C=C/C=C/C=C2/N(CCCCS(=O)(=O)[O-])c3ccc4ccccc4c3C2(C)C)=[N+](CCCCCC(=O)NCCCC[C@H](NC(=O)N[C@@H](CCC(=O)O)C(=O)O)C(=O)O)c2ccc3ccccc3c21. The van der Waals surface area contributed by atoms with Gasteiger partial charge in [-0.15, -0.1) is 0 Å². The van der Waals surface area contributed by atoms with Gasteiger partial charge in [-0.1, -0.05) is 98.8 Å². The molecule has 3 amide bonds. The molecule has 0 spiro atoms. The normalized spacial score (nSPS) is 16.3. The summed E-state index contributed by atoms with van der Waals surface area (Å²) in [7, 11) is -4.29. The zero-order chi connectivity index (χ0) is 53.6. The zero-order valence-electron chi connectivity index (χ0n) is 42.6. The largest absolute Gasteiger partial charge is 0.748 e. The molecule has 0 unspecified atom stereocenters. The lowest BCUT2D eigenvalue weighted by atomic mass is 9.79. The smallest absolute Gasteiger partial charge is 0.326 e. The molecule has 0 fully saturated rings. The Morgan fingerprint density at radius 2 is 1.30 bits per heavy atom. The molecule has 4 aromatic rings. The number of fused-ring (bicyclic) bond motifs is 6. The topological polar surface area (TPSA) is 246 Å². The van der Waals surface area contributed by atoms with Gasteiger partial charge in [0.15, 0.2) is 5.71 Å². The molecular weight excluding hydrogens is 963 g/mol. The minimum Gasteiger partial charge on any atom is -0.748 e. The number of aliphatic carboxylic acids is 3. The number of carbonyl (C=O) groups is 5. The fourth-order valence-electron chi connectivity index (χ4n) is 10.2. The minimum atomic E-state index is -4.29. The van der Waals surface area contributed by atoms with Crippen LogP contribution in [0.3, 0.4) is 0 Å². The highest BCUT2D eigenvalue weighted by molar-refractivity contribution is 7.85. The van der Waals surface area contributed by atoms with Gasteiger partial charge in [-0.2, -0.15) is 4.58 Å². The van der Waals surface area contributed by atoms with E-state index in [9.17, 15) is 47.2 Å². The van der Waals surface area contributed by atoms with Gasteiger partial charge in [0.25, 0.3) is 0 Å². The third-order valence-corrected chi connectivity index (χ3v) is 14.7. The number of allylic oxidation sites excluding steroid dienone is 8. The molecule has 0 bridgehead atoms. The van der Waals surface area contributed by atoms with Crippen LogP contribution in [0, 0.1) is 0 Å². The number of carboxylic acid groups (broad SMARTS) is 3. The summed E-state index contributed by atoms with van der Waals surface area (Å²) in [5.41, 5.74) is 6.34. The molecule has 16 nitrogen and oxygen atoms in total. The number of carbonyl (C=O) groups excluding carboxylic acids is 2. The van der Waals surface area contributed by atoms with Crippen molar-refractivity contribution in [3.63, 3.8) is 0 Å². The Hall–Kier alpha value is -7.11. The molecular formula is C57H69N5O11S. The van der Waals surface area contributed by atoms with E-state index in [0.29, 0.717) is 45.2 Å². The van der Waals surface area contributed by atoms with Crippen molar-refractivity contribution in [1.29, 1.82) is 0 Å². The molecule has 4 aromatic carbocycles. The second-order valence-electron chi connectivity index (χ2n) is 19.9. The second-order valence-corrected chi connectivity index (χ2v) is 21.5. The highest BCUT2D eigenvalue weighted by Gasteiger charge is 2.45. The van der Waals surface area contributed by atoms with Crippen LogP contribution in [-0.2, 0) is 40.1 Å². The van der Waals surface area contributed by atoms with E-state index in [1.54, 1.807) is 0 Å². The van der Waals surface area contributed by atoms with E-state index in [0.717, 1.165) is 47.6 Å². The van der Waals surface area contributed by atoms with Crippen molar-refractivity contribution >= 4 is 78.6 Å². The maximum Gasteiger partial charge on any atom is 0.326 e. The van der Waals surface area contributed by atoms with Gasteiger partial charge in [-0.25, -0.2) is 22.8 Å². The number of hydrogen-bond acceptors (Lipinski definition) is 9. The standard InChI is InChI=1S/C57H69N5O11S/c1-56(2)47(26-9-6-5-7-10-27-48-57(3,4)52-42-24-15-13-22-40(42)30-33-46(52)62(48)37-19-20-38-74(71,72)73)61(45-32-29-39-21-12-14-23-41(39)51(45)56)36-18-8-11-28-49(63)58-35-17-16-25-43(53(66)67)59-55(70)60-44(54(68)69)31-34-50(64)65/h5-7,9-10,12-15,21-24,26-27,29-30,32-33,43-44H,8,11,16-20,25,28,31,34-38H2,1-4H3,(H6-,58,59,60,63,64,65,66,67,68,69,70,71,72,73)/t43-,44-/m0/s1. The summed E-state index contributed by atoms with van der Waals surface area (Å²) in [6.07, 6.45) is 17.9. The Labute approximate surface area is 433 Å². The summed E-state index contributed by atoms with van der Waals surface area (Å²) in [6.45, 7) is 10.6. The van der Waals surface area contributed by atoms with Crippen molar-refractivity contribution in [2.45, 2.75) is 121 Å². The lowest BCUT2D eigenvalue weighted by Gasteiger charge is -2.27. The highest BCUT2D eigenvalue weighted by Crippen LogP contribution is 2.51. The van der Waals surface area contributed by atoms with Gasteiger partial charge in [-0.05, 0) is 111 Å². The van der Waals surface area contributed by atoms with Crippen molar-refractivity contribution in [1.82, 2.24) is 16.0 Å². The number of nitrogens with zero attached hydrogens (tertiary/aromatic N) is 2. The number of rotatable bonds is 27. The Balaban J connectivity index is 1.05. The van der Waals surface area contributed by atoms with Gasteiger partial charge in [0.1, 0.15) is 18.6 Å². The average Bonchev–Trinajstić information content (AvgIpc) is 3.70. The van der Waals surface area contributed by atoms with Crippen LogP contribution in [0.5, 0.6) is 0 Å². The van der Waals surface area contributed by atoms with Crippen molar-refractivity contribution < 1.29 is 56.8 Å². The fraction of sp³-hybridized carbons (Fsp3) is 0.404. The monoisotopic (exact) mass is 1030 g/mol. The molecule has 17 heteroatoms. The highest BCUT2D eigenvalue weighted by atomic mass is 32.2. The first-order chi connectivity index (χ1) is 35.2. The van der Waals surface area contributed by atoms with Gasteiger partial charge in [-0.3, -0.25) is 9.59 Å². The van der Waals surface area contributed by atoms with Crippen LogP contribution in [0.4, 0.5) is 16.2 Å². The molecule has 394 valence electrons. The van der Waals surface area contributed by atoms with Crippen LogP contribution in [0.2, 0.25) is 0 Å². The molecule has 0 saturated carbocycles. The van der Waals surface area contributed by atoms with Gasteiger partial charge in [0.05, 0.1) is 15.5 Å². The first kappa shape index (κ1) is 56.2. The predicted molar refractivity (Wildman–Crippen MR) is 287 cm³/mol. The van der Waals surface area contributed by atoms with Crippen molar-refractivity contribution in [2.75, 3.05) is 30.3 Å². The molecule has 0 aliphatic carbocycles. The van der Waals surface area contributed by atoms with Crippen LogP contribution >= 0.6 is 0 Å². The third-order valence-electron chi connectivity index (χ3n) is 13.9. The van der Waals surface area contributed by atoms with E-state index < -0.39 is 52.6 Å². The van der Waals surface area contributed by atoms with Crippen LogP contribution in [0.15, 0.2) is 121 Å². The first-order valence-corrected chi connectivity index (χ1v) is 26.9. The van der Waals surface area contributed by atoms with Crippen LogP contribution in [-0.4, -0.2) is 106 Å². The molecule has 0 aromatic heterocycles. The number of carboxylic acids is 3. The number of nitrogens with one attached hydrogen (secondary N) is 3. The molecule has 2 aliphatic rings. The van der Waals surface area contributed by atoms with Crippen LogP contribution in [0.25, 0.3) is 21.5 Å².